The molecule has 2 aliphatic rings. The van der Waals surface area contributed by atoms with Crippen molar-refractivity contribution in [3.63, 3.8) is 0 Å². The fraction of sp³-hybridized carbons (Fsp3) is 0.600. The van der Waals surface area contributed by atoms with E-state index in [1.165, 1.54) is 0 Å². The number of ether oxygens (including phenoxy) is 1. The van der Waals surface area contributed by atoms with E-state index in [-0.39, 0.29) is 28.0 Å². The van der Waals surface area contributed by atoms with Crippen molar-refractivity contribution in [3.05, 3.63) is 33.4 Å². The van der Waals surface area contributed by atoms with Crippen LogP contribution in [0.1, 0.15) is 36.3 Å². The molecule has 1 aliphatic carbocycles. The number of hydrogen-bond donors (Lipinski definition) is 1. The fourth-order valence-corrected chi connectivity index (χ4v) is 3.23. The molecule has 0 spiro atoms. The zero-order chi connectivity index (χ0) is 15.0. The van der Waals surface area contributed by atoms with Crippen molar-refractivity contribution >= 4 is 17.3 Å². The second kappa shape index (κ2) is 5.81. The third kappa shape index (κ3) is 3.14. The molecule has 2 fully saturated rings. The third-order valence-corrected chi connectivity index (χ3v) is 4.63. The number of piperidine rings is 1. The minimum Gasteiger partial charge on any atom is -0.483 e. The summed E-state index contributed by atoms with van der Waals surface area (Å²) >= 11 is 6.42. The van der Waals surface area contributed by atoms with Crippen LogP contribution < -0.4 is 10.1 Å². The number of benzene rings is 1. The minimum absolute atomic E-state index is 0.00711. The molecule has 1 aromatic rings. The van der Waals surface area contributed by atoms with Crippen molar-refractivity contribution in [1.82, 2.24) is 5.32 Å². The highest BCUT2D eigenvalue weighted by Crippen LogP contribution is 2.40. The molecular weight excluding hydrogens is 292 g/mol. The van der Waals surface area contributed by atoms with Gasteiger partial charge in [-0.3, -0.25) is 10.1 Å². The van der Waals surface area contributed by atoms with Gasteiger partial charge in [-0.25, -0.2) is 0 Å². The molecule has 1 aliphatic heterocycles. The summed E-state index contributed by atoms with van der Waals surface area (Å²) < 4.78 is 5.74. The van der Waals surface area contributed by atoms with Crippen molar-refractivity contribution in [2.45, 2.75) is 43.6 Å². The Labute approximate surface area is 128 Å². The Kier molecular flexibility index (Phi) is 4.04. The van der Waals surface area contributed by atoms with E-state index in [1.807, 2.05) is 13.0 Å². The summed E-state index contributed by atoms with van der Waals surface area (Å²) in [7, 11) is 0. The maximum absolute atomic E-state index is 11.2. The number of aryl methyl sites for hydroxylation is 1. The van der Waals surface area contributed by atoms with Crippen molar-refractivity contribution < 1.29 is 9.66 Å². The van der Waals surface area contributed by atoms with Gasteiger partial charge in [-0.05, 0) is 49.9 Å². The van der Waals surface area contributed by atoms with Gasteiger partial charge < -0.3 is 10.1 Å². The standard InChI is InChI=1S/C15H19ClN2O3/c1-9-6-14(18(19)20)15(21-10-2-3-10)7-12(9)11-4-5-17-8-13(11)16/h6-7,10-11,13,17H,2-5,8H2,1H3. The summed E-state index contributed by atoms with van der Waals surface area (Å²) in [5.74, 6) is 0.612. The molecule has 0 aromatic heterocycles. The molecule has 1 saturated carbocycles. The zero-order valence-electron chi connectivity index (χ0n) is 12.0. The van der Waals surface area contributed by atoms with Crippen LogP contribution in [0.3, 0.4) is 0 Å². The van der Waals surface area contributed by atoms with E-state index in [2.05, 4.69) is 5.32 Å². The summed E-state index contributed by atoms with van der Waals surface area (Å²) in [4.78, 5) is 10.9. The van der Waals surface area contributed by atoms with Crippen LogP contribution in [0.2, 0.25) is 0 Å². The Morgan fingerprint density at radius 1 is 1.38 bits per heavy atom. The lowest BCUT2D eigenvalue weighted by molar-refractivity contribution is -0.386. The van der Waals surface area contributed by atoms with Gasteiger partial charge in [-0.15, -0.1) is 11.6 Å². The average molecular weight is 311 g/mol. The Hall–Kier alpha value is -1.33. The molecule has 0 radical (unpaired) electrons. The van der Waals surface area contributed by atoms with Crippen LogP contribution in [0.4, 0.5) is 5.69 Å². The molecular formula is C15H19ClN2O3. The number of hydrogen-bond acceptors (Lipinski definition) is 4. The molecule has 5 nitrogen and oxygen atoms in total. The Bertz CT molecular complexity index is 560. The number of nitro groups is 1. The quantitative estimate of drug-likeness (QED) is 0.527. The Morgan fingerprint density at radius 3 is 2.76 bits per heavy atom. The van der Waals surface area contributed by atoms with E-state index in [4.69, 9.17) is 16.3 Å². The van der Waals surface area contributed by atoms with Gasteiger partial charge in [0.25, 0.3) is 0 Å². The largest absolute Gasteiger partial charge is 0.483 e. The van der Waals surface area contributed by atoms with Crippen LogP contribution in [-0.2, 0) is 0 Å². The molecule has 114 valence electrons. The van der Waals surface area contributed by atoms with Gasteiger partial charge in [0.1, 0.15) is 0 Å². The number of nitro benzene ring substituents is 1. The monoisotopic (exact) mass is 310 g/mol. The molecule has 1 heterocycles. The van der Waals surface area contributed by atoms with Crippen molar-refractivity contribution in [2.75, 3.05) is 13.1 Å². The van der Waals surface area contributed by atoms with E-state index < -0.39 is 0 Å². The first-order chi connectivity index (χ1) is 10.1. The first-order valence-corrected chi connectivity index (χ1v) is 7.80. The van der Waals surface area contributed by atoms with Gasteiger partial charge in [-0.2, -0.15) is 0 Å². The van der Waals surface area contributed by atoms with E-state index >= 15 is 0 Å². The van der Waals surface area contributed by atoms with Crippen LogP contribution in [-0.4, -0.2) is 29.5 Å². The van der Waals surface area contributed by atoms with Gasteiger partial charge in [0.05, 0.1) is 16.4 Å². The number of rotatable bonds is 4. The van der Waals surface area contributed by atoms with E-state index in [0.29, 0.717) is 5.75 Å². The summed E-state index contributed by atoms with van der Waals surface area (Å²) in [5, 5.41) is 14.5. The van der Waals surface area contributed by atoms with Crippen molar-refractivity contribution in [2.24, 2.45) is 0 Å². The molecule has 2 atom stereocenters. The predicted octanol–water partition coefficient (Wildman–Crippen LogP) is 3.13. The fourth-order valence-electron chi connectivity index (χ4n) is 2.86. The molecule has 0 bridgehead atoms. The summed E-state index contributed by atoms with van der Waals surface area (Å²) in [5.41, 5.74) is 2.06. The molecule has 0 amide bonds. The molecule has 6 heteroatoms. The van der Waals surface area contributed by atoms with Crippen molar-refractivity contribution in [1.29, 1.82) is 0 Å². The summed E-state index contributed by atoms with van der Waals surface area (Å²) in [6.07, 6.45) is 3.03. The lowest BCUT2D eigenvalue weighted by atomic mass is 9.86. The highest BCUT2D eigenvalue weighted by atomic mass is 35.5. The summed E-state index contributed by atoms with van der Waals surface area (Å²) in [6, 6.07) is 3.47. The molecule has 1 aromatic carbocycles. The van der Waals surface area contributed by atoms with Crippen molar-refractivity contribution in [3.8, 4) is 5.75 Å². The average Bonchev–Trinajstić information content (AvgIpc) is 3.25. The molecule has 1 N–H and O–H groups in total. The van der Waals surface area contributed by atoms with E-state index in [1.54, 1.807) is 6.07 Å². The first-order valence-electron chi connectivity index (χ1n) is 7.36. The number of nitrogens with one attached hydrogen (secondary N) is 1. The molecule has 1 saturated heterocycles. The molecule has 2 unspecified atom stereocenters. The minimum atomic E-state index is -0.366. The van der Waals surface area contributed by atoms with Crippen LogP contribution in [0.25, 0.3) is 0 Å². The zero-order valence-corrected chi connectivity index (χ0v) is 12.7. The Morgan fingerprint density at radius 2 is 2.14 bits per heavy atom. The Balaban J connectivity index is 1.97. The predicted molar refractivity (Wildman–Crippen MR) is 81.4 cm³/mol. The number of nitrogens with zero attached hydrogens (tertiary/aromatic N) is 1. The van der Waals surface area contributed by atoms with Crippen LogP contribution in [0, 0.1) is 17.0 Å². The smallest absolute Gasteiger partial charge is 0.311 e. The highest BCUT2D eigenvalue weighted by molar-refractivity contribution is 6.21. The van der Waals surface area contributed by atoms with Gasteiger partial charge in [0.15, 0.2) is 5.75 Å². The highest BCUT2D eigenvalue weighted by Gasteiger charge is 2.31. The van der Waals surface area contributed by atoms with Gasteiger partial charge in [0.2, 0.25) is 0 Å². The van der Waals surface area contributed by atoms with Gasteiger partial charge in [0, 0.05) is 18.5 Å². The second-order valence-electron chi connectivity index (χ2n) is 5.87. The van der Waals surface area contributed by atoms with E-state index in [0.717, 1.165) is 43.5 Å². The van der Waals surface area contributed by atoms with Crippen LogP contribution in [0.5, 0.6) is 5.75 Å². The number of alkyl halides is 1. The third-order valence-electron chi connectivity index (χ3n) is 4.17. The SMILES string of the molecule is Cc1cc([N+](=O)[O-])c(OC2CC2)cc1C1CCNCC1Cl. The second-order valence-corrected chi connectivity index (χ2v) is 6.43. The van der Waals surface area contributed by atoms with Crippen LogP contribution in [0.15, 0.2) is 12.1 Å². The maximum Gasteiger partial charge on any atom is 0.311 e. The lowest BCUT2D eigenvalue weighted by Gasteiger charge is -2.29. The maximum atomic E-state index is 11.2. The van der Waals surface area contributed by atoms with Crippen LogP contribution >= 0.6 is 11.6 Å². The molecule has 21 heavy (non-hydrogen) atoms. The normalized spacial score (nSPS) is 25.6. The molecule has 3 rings (SSSR count). The topological polar surface area (TPSA) is 64.4 Å². The van der Waals surface area contributed by atoms with Gasteiger partial charge >= 0.3 is 5.69 Å². The number of halogens is 1. The summed E-state index contributed by atoms with van der Waals surface area (Å²) in [6.45, 7) is 3.60. The first kappa shape index (κ1) is 14.6. The van der Waals surface area contributed by atoms with Gasteiger partial charge in [-0.1, -0.05) is 0 Å². The van der Waals surface area contributed by atoms with E-state index in [9.17, 15) is 10.1 Å². The lowest BCUT2D eigenvalue weighted by Crippen LogP contribution is -2.36.